The Bertz CT molecular complexity index is 335. The molecule has 0 unspecified atom stereocenters. The average Bonchev–Trinajstić information content (AvgIpc) is 3.16. The SMILES string of the molecule is COCCN(CCc1ccc(N)cn1)C1CC1. The minimum absolute atomic E-state index is 0.729. The van der Waals surface area contributed by atoms with Crippen molar-refractivity contribution in [3.05, 3.63) is 24.0 Å². The standard InChI is InChI=1S/C13H21N3O/c1-17-9-8-16(13-4-5-13)7-6-12-3-2-11(14)10-15-12/h2-3,10,13H,4-9,14H2,1H3. The van der Waals surface area contributed by atoms with E-state index in [1.165, 1.54) is 12.8 Å². The first-order valence-corrected chi connectivity index (χ1v) is 6.23. The third-order valence-corrected chi connectivity index (χ3v) is 3.15. The van der Waals surface area contributed by atoms with Crippen LogP contribution in [0.1, 0.15) is 18.5 Å². The summed E-state index contributed by atoms with van der Waals surface area (Å²) in [6, 6.07) is 4.70. The van der Waals surface area contributed by atoms with Gasteiger partial charge in [-0.1, -0.05) is 0 Å². The molecular weight excluding hydrogens is 214 g/mol. The molecule has 1 fully saturated rings. The molecule has 2 rings (SSSR count). The van der Waals surface area contributed by atoms with Crippen LogP contribution in [0.3, 0.4) is 0 Å². The van der Waals surface area contributed by atoms with Gasteiger partial charge in [0.2, 0.25) is 0 Å². The largest absolute Gasteiger partial charge is 0.397 e. The summed E-state index contributed by atoms with van der Waals surface area (Å²) in [4.78, 5) is 6.83. The lowest BCUT2D eigenvalue weighted by Crippen LogP contribution is -2.31. The molecule has 0 aliphatic heterocycles. The van der Waals surface area contributed by atoms with Gasteiger partial charge < -0.3 is 10.5 Å². The fourth-order valence-electron chi connectivity index (χ4n) is 1.97. The van der Waals surface area contributed by atoms with Gasteiger partial charge in [-0.3, -0.25) is 9.88 Å². The molecule has 1 aliphatic rings. The summed E-state index contributed by atoms with van der Waals surface area (Å²) in [6.45, 7) is 2.90. The number of hydrogen-bond acceptors (Lipinski definition) is 4. The van der Waals surface area contributed by atoms with Gasteiger partial charge in [0.05, 0.1) is 18.5 Å². The van der Waals surface area contributed by atoms with Gasteiger partial charge in [0.1, 0.15) is 0 Å². The van der Waals surface area contributed by atoms with Crippen molar-refractivity contribution >= 4 is 5.69 Å². The average molecular weight is 235 g/mol. The van der Waals surface area contributed by atoms with Gasteiger partial charge in [-0.05, 0) is 25.0 Å². The maximum absolute atomic E-state index is 5.62. The maximum Gasteiger partial charge on any atom is 0.0589 e. The van der Waals surface area contributed by atoms with Crippen LogP contribution in [0.25, 0.3) is 0 Å². The Morgan fingerprint density at radius 2 is 2.24 bits per heavy atom. The highest BCUT2D eigenvalue weighted by Gasteiger charge is 2.28. The van der Waals surface area contributed by atoms with Gasteiger partial charge in [-0.15, -0.1) is 0 Å². The molecule has 1 saturated carbocycles. The Kier molecular flexibility index (Phi) is 4.34. The fraction of sp³-hybridized carbons (Fsp3) is 0.615. The van der Waals surface area contributed by atoms with E-state index in [4.69, 9.17) is 10.5 Å². The second-order valence-corrected chi connectivity index (χ2v) is 4.59. The summed E-state index contributed by atoms with van der Waals surface area (Å²) >= 11 is 0. The quantitative estimate of drug-likeness (QED) is 0.774. The highest BCUT2D eigenvalue weighted by Crippen LogP contribution is 2.26. The van der Waals surface area contributed by atoms with Crippen LogP contribution in [0.4, 0.5) is 5.69 Å². The highest BCUT2D eigenvalue weighted by molar-refractivity contribution is 5.34. The molecule has 1 aromatic rings. The molecule has 17 heavy (non-hydrogen) atoms. The molecule has 2 N–H and O–H groups in total. The number of aromatic nitrogens is 1. The first-order chi connectivity index (χ1) is 8.29. The van der Waals surface area contributed by atoms with Crippen molar-refractivity contribution in [1.82, 2.24) is 9.88 Å². The zero-order valence-corrected chi connectivity index (χ0v) is 10.4. The third-order valence-electron chi connectivity index (χ3n) is 3.15. The number of nitrogens with zero attached hydrogens (tertiary/aromatic N) is 2. The second kappa shape index (κ2) is 5.98. The summed E-state index contributed by atoms with van der Waals surface area (Å²) in [5.41, 5.74) is 7.46. The Morgan fingerprint density at radius 3 is 2.82 bits per heavy atom. The number of nitrogens with two attached hydrogens (primary N) is 1. The molecule has 1 aliphatic carbocycles. The number of methoxy groups -OCH3 is 1. The van der Waals surface area contributed by atoms with Gasteiger partial charge in [-0.2, -0.15) is 0 Å². The van der Waals surface area contributed by atoms with E-state index in [-0.39, 0.29) is 0 Å². The van der Waals surface area contributed by atoms with Crippen molar-refractivity contribution in [3.8, 4) is 0 Å². The molecule has 1 heterocycles. The van der Waals surface area contributed by atoms with E-state index < -0.39 is 0 Å². The van der Waals surface area contributed by atoms with Crippen LogP contribution in [-0.4, -0.2) is 42.7 Å². The Hall–Kier alpha value is -1.13. The number of hydrogen-bond donors (Lipinski definition) is 1. The van der Waals surface area contributed by atoms with Crippen molar-refractivity contribution < 1.29 is 4.74 Å². The topological polar surface area (TPSA) is 51.4 Å². The lowest BCUT2D eigenvalue weighted by atomic mass is 10.2. The van der Waals surface area contributed by atoms with E-state index in [9.17, 15) is 0 Å². The Morgan fingerprint density at radius 1 is 1.41 bits per heavy atom. The van der Waals surface area contributed by atoms with E-state index >= 15 is 0 Å². The minimum Gasteiger partial charge on any atom is -0.397 e. The molecule has 0 bridgehead atoms. The first-order valence-electron chi connectivity index (χ1n) is 6.23. The number of nitrogen functional groups attached to an aromatic ring is 1. The molecule has 0 aromatic carbocycles. The van der Waals surface area contributed by atoms with Gasteiger partial charge in [0, 0.05) is 38.4 Å². The highest BCUT2D eigenvalue weighted by atomic mass is 16.5. The summed E-state index contributed by atoms with van der Waals surface area (Å²) in [5, 5.41) is 0. The van der Waals surface area contributed by atoms with E-state index in [0.717, 1.165) is 43.5 Å². The first kappa shape index (κ1) is 12.3. The molecule has 4 heteroatoms. The van der Waals surface area contributed by atoms with Gasteiger partial charge in [0.15, 0.2) is 0 Å². The van der Waals surface area contributed by atoms with Crippen molar-refractivity contribution in [2.75, 3.05) is 32.5 Å². The van der Waals surface area contributed by atoms with E-state index in [2.05, 4.69) is 9.88 Å². The van der Waals surface area contributed by atoms with Crippen LogP contribution in [0.2, 0.25) is 0 Å². The number of anilines is 1. The van der Waals surface area contributed by atoms with E-state index in [1.807, 2.05) is 12.1 Å². The fourth-order valence-corrected chi connectivity index (χ4v) is 1.97. The zero-order valence-electron chi connectivity index (χ0n) is 10.4. The lowest BCUT2D eigenvalue weighted by molar-refractivity contribution is 0.144. The van der Waals surface area contributed by atoms with E-state index in [1.54, 1.807) is 13.3 Å². The molecule has 0 atom stereocenters. The summed E-state index contributed by atoms with van der Waals surface area (Å²) in [5.74, 6) is 0. The Balaban J connectivity index is 1.80. The van der Waals surface area contributed by atoms with Crippen LogP contribution in [0, 0.1) is 0 Å². The van der Waals surface area contributed by atoms with Gasteiger partial charge in [-0.25, -0.2) is 0 Å². The molecule has 0 amide bonds. The minimum atomic E-state index is 0.729. The number of ether oxygens (including phenoxy) is 1. The second-order valence-electron chi connectivity index (χ2n) is 4.59. The lowest BCUT2D eigenvalue weighted by Gasteiger charge is -2.21. The maximum atomic E-state index is 5.62. The van der Waals surface area contributed by atoms with Crippen LogP contribution in [0.5, 0.6) is 0 Å². The van der Waals surface area contributed by atoms with Gasteiger partial charge in [0.25, 0.3) is 0 Å². The van der Waals surface area contributed by atoms with Crippen LogP contribution in [-0.2, 0) is 11.2 Å². The van der Waals surface area contributed by atoms with Crippen LogP contribution in [0.15, 0.2) is 18.3 Å². The summed E-state index contributed by atoms with van der Waals surface area (Å²) in [7, 11) is 1.76. The van der Waals surface area contributed by atoms with Crippen LogP contribution >= 0.6 is 0 Å². The van der Waals surface area contributed by atoms with Crippen molar-refractivity contribution in [2.45, 2.75) is 25.3 Å². The molecule has 0 saturated heterocycles. The van der Waals surface area contributed by atoms with Gasteiger partial charge >= 0.3 is 0 Å². The molecular formula is C13H21N3O. The van der Waals surface area contributed by atoms with Crippen molar-refractivity contribution in [1.29, 1.82) is 0 Å². The smallest absolute Gasteiger partial charge is 0.0589 e. The summed E-state index contributed by atoms with van der Waals surface area (Å²) < 4.78 is 5.14. The predicted octanol–water partition coefficient (Wildman–Crippen LogP) is 1.32. The summed E-state index contributed by atoms with van der Waals surface area (Å²) in [6.07, 6.45) is 5.38. The third kappa shape index (κ3) is 3.98. The molecule has 1 aromatic heterocycles. The van der Waals surface area contributed by atoms with Crippen molar-refractivity contribution in [3.63, 3.8) is 0 Å². The molecule has 4 nitrogen and oxygen atoms in total. The number of rotatable bonds is 7. The normalized spacial score (nSPS) is 15.4. The van der Waals surface area contributed by atoms with Crippen LogP contribution < -0.4 is 5.73 Å². The Labute approximate surface area is 103 Å². The van der Waals surface area contributed by atoms with E-state index in [0.29, 0.717) is 0 Å². The molecule has 0 radical (unpaired) electrons. The molecule has 94 valence electrons. The predicted molar refractivity (Wildman–Crippen MR) is 68.8 cm³/mol. The zero-order chi connectivity index (χ0) is 12.1. The molecule has 0 spiro atoms. The number of pyridine rings is 1. The monoisotopic (exact) mass is 235 g/mol. The van der Waals surface area contributed by atoms with Crippen molar-refractivity contribution in [2.24, 2.45) is 0 Å².